The Morgan fingerprint density at radius 1 is 0.853 bits per heavy atom. The molecule has 3 fully saturated rings. The van der Waals surface area contributed by atoms with Gasteiger partial charge in [0.25, 0.3) is 0 Å². The summed E-state index contributed by atoms with van der Waals surface area (Å²) in [5.41, 5.74) is -1.55. The van der Waals surface area contributed by atoms with Crippen LogP contribution in [0.15, 0.2) is 0 Å². The fourth-order valence-electron chi connectivity index (χ4n) is 8.23. The second-order valence-corrected chi connectivity index (χ2v) is 12.7. The van der Waals surface area contributed by atoms with Crippen molar-refractivity contribution in [1.29, 1.82) is 0 Å². The van der Waals surface area contributed by atoms with E-state index in [0.29, 0.717) is 30.8 Å². The smallest absolute Gasteiger partial charge is 0.157 e. The molecule has 0 aromatic heterocycles. The number of benzene rings is 1. The third kappa shape index (κ3) is 3.39. The minimum absolute atomic E-state index is 0.0985. The van der Waals surface area contributed by atoms with Crippen molar-refractivity contribution in [1.82, 2.24) is 0 Å². The zero-order chi connectivity index (χ0) is 25.4. The summed E-state index contributed by atoms with van der Waals surface area (Å²) in [6, 6.07) is 0. The van der Waals surface area contributed by atoms with Crippen molar-refractivity contribution in [3.05, 3.63) is 16.7 Å². The molecule has 3 aliphatic rings. The SMILES string of the molecule is CC(C)C[C@@H](c1c(O)c(C=O)c(O)c(C=O)c1O)[C@]1(C)CC[C@H]2[C@@H]1[C@H]1[C@H](CC[C@@]2(C)O)C1(C)C. The number of phenolic OH excluding ortho intramolecular Hbond substituents is 3. The first-order valence-corrected chi connectivity index (χ1v) is 12.7. The molecule has 6 heteroatoms. The Labute approximate surface area is 202 Å². The molecule has 188 valence electrons. The van der Waals surface area contributed by atoms with Gasteiger partial charge in [0.15, 0.2) is 12.6 Å². The molecule has 3 saturated carbocycles. The zero-order valence-corrected chi connectivity index (χ0v) is 21.3. The number of rotatable bonds is 6. The van der Waals surface area contributed by atoms with E-state index in [4.69, 9.17) is 0 Å². The minimum atomic E-state index is -0.782. The van der Waals surface area contributed by atoms with E-state index < -0.39 is 22.8 Å². The Morgan fingerprint density at radius 2 is 1.38 bits per heavy atom. The Balaban J connectivity index is 1.94. The standard InChI is InChI=1S/C28H40O6/c1-14(2)11-19(20-24(32)15(12-29)23(31)16(13-30)25(20)33)27(5)9-7-18-22(27)21-17(26(21,3)4)8-10-28(18,6)34/h12-14,17-19,21-22,31-34H,7-11H2,1-6H3/t17-,18-,19-,21+,22+,27-,28+/m0/s1. The van der Waals surface area contributed by atoms with Crippen LogP contribution in [0.5, 0.6) is 17.2 Å². The van der Waals surface area contributed by atoms with Gasteiger partial charge in [-0.15, -0.1) is 0 Å². The highest BCUT2D eigenvalue weighted by Crippen LogP contribution is 2.76. The number of fused-ring (bicyclic) bond motifs is 3. The van der Waals surface area contributed by atoms with E-state index in [1.165, 1.54) is 0 Å². The summed E-state index contributed by atoms with van der Waals surface area (Å²) in [6.45, 7) is 12.9. The maximum absolute atomic E-state index is 11.8. The first kappa shape index (κ1) is 25.0. The Kier molecular flexibility index (Phi) is 5.87. The second kappa shape index (κ2) is 7.97. The molecule has 1 aromatic carbocycles. The average molecular weight is 473 g/mol. The minimum Gasteiger partial charge on any atom is -0.507 e. The van der Waals surface area contributed by atoms with Crippen molar-refractivity contribution < 1.29 is 30.0 Å². The van der Waals surface area contributed by atoms with Crippen LogP contribution in [-0.4, -0.2) is 38.6 Å². The van der Waals surface area contributed by atoms with Crippen molar-refractivity contribution in [3.63, 3.8) is 0 Å². The van der Waals surface area contributed by atoms with Crippen LogP contribution in [0.2, 0.25) is 0 Å². The summed E-state index contributed by atoms with van der Waals surface area (Å²) >= 11 is 0. The molecule has 0 spiro atoms. The van der Waals surface area contributed by atoms with Crippen molar-refractivity contribution in [2.45, 2.75) is 85.2 Å². The number of aromatic hydroxyl groups is 3. The molecule has 6 nitrogen and oxygen atoms in total. The van der Waals surface area contributed by atoms with Gasteiger partial charge in [0.2, 0.25) is 0 Å². The topological polar surface area (TPSA) is 115 Å². The molecular weight excluding hydrogens is 432 g/mol. The highest BCUT2D eigenvalue weighted by molar-refractivity contribution is 5.95. The molecular formula is C28H40O6. The van der Waals surface area contributed by atoms with E-state index in [1.807, 2.05) is 6.92 Å². The maximum Gasteiger partial charge on any atom is 0.157 e. The van der Waals surface area contributed by atoms with E-state index in [9.17, 15) is 30.0 Å². The van der Waals surface area contributed by atoms with Crippen molar-refractivity contribution in [3.8, 4) is 17.2 Å². The predicted molar refractivity (Wildman–Crippen MR) is 129 cm³/mol. The molecule has 0 bridgehead atoms. The van der Waals surface area contributed by atoms with E-state index >= 15 is 0 Å². The number of hydrogen-bond donors (Lipinski definition) is 4. The van der Waals surface area contributed by atoms with Crippen LogP contribution in [0.1, 0.15) is 106 Å². The molecule has 0 saturated heterocycles. The van der Waals surface area contributed by atoms with Crippen molar-refractivity contribution in [2.75, 3.05) is 0 Å². The van der Waals surface area contributed by atoms with Crippen LogP contribution in [0.3, 0.4) is 0 Å². The van der Waals surface area contributed by atoms with Crippen molar-refractivity contribution >= 4 is 12.6 Å². The molecule has 4 rings (SSSR count). The molecule has 0 heterocycles. The first-order valence-electron chi connectivity index (χ1n) is 12.7. The summed E-state index contributed by atoms with van der Waals surface area (Å²) in [5.74, 6) is -0.524. The van der Waals surface area contributed by atoms with Crippen LogP contribution in [0.25, 0.3) is 0 Å². The Bertz CT molecular complexity index is 974. The van der Waals surface area contributed by atoms with Gasteiger partial charge in [0, 0.05) is 5.56 Å². The van der Waals surface area contributed by atoms with Crippen LogP contribution < -0.4 is 0 Å². The normalized spacial score (nSPS) is 36.9. The largest absolute Gasteiger partial charge is 0.507 e. The molecule has 0 aliphatic heterocycles. The van der Waals surface area contributed by atoms with Gasteiger partial charge in [-0.25, -0.2) is 0 Å². The molecule has 1 aromatic rings. The fourth-order valence-corrected chi connectivity index (χ4v) is 8.23. The van der Waals surface area contributed by atoms with E-state index in [1.54, 1.807) is 0 Å². The van der Waals surface area contributed by atoms with Gasteiger partial charge in [-0.05, 0) is 85.4 Å². The van der Waals surface area contributed by atoms with Crippen molar-refractivity contribution in [2.24, 2.45) is 40.4 Å². The quantitative estimate of drug-likeness (QED) is 0.412. The molecule has 4 N–H and O–H groups in total. The van der Waals surface area contributed by atoms with Crippen LogP contribution in [0, 0.1) is 40.4 Å². The number of hydrogen-bond acceptors (Lipinski definition) is 6. The lowest BCUT2D eigenvalue weighted by Crippen LogP contribution is -2.42. The monoisotopic (exact) mass is 472 g/mol. The lowest BCUT2D eigenvalue weighted by Gasteiger charge is -2.45. The summed E-state index contributed by atoms with van der Waals surface area (Å²) in [5, 5.41) is 44.1. The lowest BCUT2D eigenvalue weighted by molar-refractivity contribution is -0.0441. The Morgan fingerprint density at radius 3 is 1.88 bits per heavy atom. The number of phenols is 3. The van der Waals surface area contributed by atoms with E-state index in [2.05, 4.69) is 34.6 Å². The van der Waals surface area contributed by atoms with E-state index in [0.717, 1.165) is 25.7 Å². The third-order valence-corrected chi connectivity index (χ3v) is 10.1. The Hall–Kier alpha value is -2.08. The van der Waals surface area contributed by atoms with Gasteiger partial charge >= 0.3 is 0 Å². The summed E-state index contributed by atoms with van der Waals surface area (Å²) < 4.78 is 0. The lowest BCUT2D eigenvalue weighted by atomic mass is 9.59. The van der Waals surface area contributed by atoms with Crippen LogP contribution in [-0.2, 0) is 0 Å². The van der Waals surface area contributed by atoms with Gasteiger partial charge < -0.3 is 20.4 Å². The van der Waals surface area contributed by atoms with Gasteiger partial charge in [-0.3, -0.25) is 9.59 Å². The molecule has 7 atom stereocenters. The maximum atomic E-state index is 11.8. The molecule has 0 radical (unpaired) electrons. The summed E-state index contributed by atoms with van der Waals surface area (Å²) in [6.07, 6.45) is 4.71. The molecule has 0 unspecified atom stereocenters. The number of aldehydes is 2. The van der Waals surface area contributed by atoms with Gasteiger partial charge in [-0.2, -0.15) is 0 Å². The van der Waals surface area contributed by atoms with Crippen LogP contribution in [0.4, 0.5) is 0 Å². The zero-order valence-electron chi connectivity index (χ0n) is 21.3. The average Bonchev–Trinajstić information content (AvgIpc) is 3.13. The summed E-state index contributed by atoms with van der Waals surface area (Å²) in [7, 11) is 0. The third-order valence-electron chi connectivity index (χ3n) is 10.1. The number of aliphatic hydroxyl groups is 1. The van der Waals surface area contributed by atoms with Crippen LogP contribution >= 0.6 is 0 Å². The second-order valence-electron chi connectivity index (χ2n) is 12.7. The fraction of sp³-hybridized carbons (Fsp3) is 0.714. The first-order chi connectivity index (χ1) is 15.7. The molecule has 3 aliphatic carbocycles. The highest BCUT2D eigenvalue weighted by Gasteiger charge is 2.70. The highest BCUT2D eigenvalue weighted by atomic mass is 16.3. The van der Waals surface area contributed by atoms with Gasteiger partial charge in [-0.1, -0.05) is 34.6 Å². The number of carbonyl (C=O) groups is 2. The molecule has 34 heavy (non-hydrogen) atoms. The number of carbonyl (C=O) groups excluding carboxylic acids is 2. The van der Waals surface area contributed by atoms with Gasteiger partial charge in [0.1, 0.15) is 17.2 Å². The summed E-state index contributed by atoms with van der Waals surface area (Å²) in [4.78, 5) is 23.6. The van der Waals surface area contributed by atoms with Gasteiger partial charge in [0.05, 0.1) is 16.7 Å². The van der Waals surface area contributed by atoms with E-state index in [-0.39, 0.29) is 51.2 Å². The molecule has 0 amide bonds. The predicted octanol–water partition coefficient (Wildman–Crippen LogP) is 5.41.